The molecule has 1 aromatic carbocycles. The highest BCUT2D eigenvalue weighted by molar-refractivity contribution is 5.71. The van der Waals surface area contributed by atoms with E-state index in [1.165, 1.54) is 6.07 Å². The van der Waals surface area contributed by atoms with Crippen LogP contribution in [0.3, 0.4) is 0 Å². The normalized spacial score (nSPS) is 20.8. The summed E-state index contributed by atoms with van der Waals surface area (Å²) >= 11 is 0. The minimum absolute atomic E-state index is 0.0884. The SMILES string of the molecule is CC1(C)CNc2c(F)cc(F)cc2NC1(C)C. The average Bonchev–Trinajstić information content (AvgIpc) is 2.21. The van der Waals surface area contributed by atoms with E-state index in [0.717, 1.165) is 6.07 Å². The molecule has 0 amide bonds. The largest absolute Gasteiger partial charge is 0.380 e. The van der Waals surface area contributed by atoms with Crippen LogP contribution >= 0.6 is 0 Å². The summed E-state index contributed by atoms with van der Waals surface area (Å²) in [5, 5.41) is 6.29. The molecular weight excluding hydrogens is 222 g/mol. The summed E-state index contributed by atoms with van der Waals surface area (Å²) < 4.78 is 26.9. The molecule has 4 heteroatoms. The standard InChI is InChI=1S/C13H18F2N2/c1-12(2)7-16-11-9(15)5-8(14)6-10(11)17-13(12,3)4/h5-6,16-17H,7H2,1-4H3. The zero-order valence-corrected chi connectivity index (χ0v) is 10.6. The lowest BCUT2D eigenvalue weighted by atomic mass is 9.74. The van der Waals surface area contributed by atoms with Crippen molar-refractivity contribution in [3.05, 3.63) is 23.8 Å². The van der Waals surface area contributed by atoms with Crippen molar-refractivity contribution in [1.82, 2.24) is 0 Å². The highest BCUT2D eigenvalue weighted by Gasteiger charge is 2.39. The summed E-state index contributed by atoms with van der Waals surface area (Å²) in [4.78, 5) is 0. The maximum absolute atomic E-state index is 13.7. The van der Waals surface area contributed by atoms with Crippen LogP contribution in [0.15, 0.2) is 12.1 Å². The van der Waals surface area contributed by atoms with Crippen molar-refractivity contribution in [2.45, 2.75) is 33.2 Å². The number of anilines is 2. The molecule has 1 aliphatic rings. The van der Waals surface area contributed by atoms with Crippen molar-refractivity contribution in [2.75, 3.05) is 17.2 Å². The van der Waals surface area contributed by atoms with E-state index in [9.17, 15) is 8.78 Å². The molecule has 0 fully saturated rings. The fraction of sp³-hybridized carbons (Fsp3) is 0.538. The molecule has 2 N–H and O–H groups in total. The molecule has 0 aliphatic carbocycles. The molecular formula is C13H18F2N2. The van der Waals surface area contributed by atoms with Crippen molar-refractivity contribution in [2.24, 2.45) is 5.41 Å². The van der Waals surface area contributed by atoms with Crippen LogP contribution in [0.2, 0.25) is 0 Å². The Balaban J connectivity index is 2.52. The molecule has 1 aliphatic heterocycles. The minimum Gasteiger partial charge on any atom is -0.380 e. The molecule has 2 rings (SSSR count). The van der Waals surface area contributed by atoms with Crippen LogP contribution in [0.4, 0.5) is 20.2 Å². The Morgan fingerprint density at radius 3 is 2.41 bits per heavy atom. The molecule has 2 nitrogen and oxygen atoms in total. The number of hydrogen-bond acceptors (Lipinski definition) is 2. The Morgan fingerprint density at radius 1 is 1.12 bits per heavy atom. The van der Waals surface area contributed by atoms with Crippen molar-refractivity contribution in [3.63, 3.8) is 0 Å². The Kier molecular flexibility index (Phi) is 2.56. The summed E-state index contributed by atoms with van der Waals surface area (Å²) in [5.74, 6) is -1.12. The van der Waals surface area contributed by atoms with E-state index in [1.807, 2.05) is 13.8 Å². The monoisotopic (exact) mass is 240 g/mol. The second-order valence-corrected chi connectivity index (χ2v) is 5.80. The van der Waals surface area contributed by atoms with Crippen LogP contribution in [0.25, 0.3) is 0 Å². The quantitative estimate of drug-likeness (QED) is 0.724. The van der Waals surface area contributed by atoms with E-state index in [1.54, 1.807) is 0 Å². The maximum atomic E-state index is 13.7. The van der Waals surface area contributed by atoms with Crippen LogP contribution in [0.1, 0.15) is 27.7 Å². The molecule has 0 saturated carbocycles. The van der Waals surface area contributed by atoms with E-state index in [4.69, 9.17) is 0 Å². The summed E-state index contributed by atoms with van der Waals surface area (Å²) in [7, 11) is 0. The zero-order chi connectivity index (χ0) is 12.8. The molecule has 0 bridgehead atoms. The van der Waals surface area contributed by atoms with Gasteiger partial charge in [-0.05, 0) is 19.9 Å². The van der Waals surface area contributed by atoms with Gasteiger partial charge in [0, 0.05) is 23.6 Å². The van der Waals surface area contributed by atoms with Gasteiger partial charge >= 0.3 is 0 Å². The van der Waals surface area contributed by atoms with Gasteiger partial charge in [0.25, 0.3) is 0 Å². The molecule has 0 aromatic heterocycles. The number of rotatable bonds is 0. The number of benzene rings is 1. The molecule has 1 heterocycles. The summed E-state index contributed by atoms with van der Waals surface area (Å²) in [5.41, 5.74) is 0.489. The zero-order valence-electron chi connectivity index (χ0n) is 10.6. The fourth-order valence-corrected chi connectivity index (χ4v) is 1.89. The number of fused-ring (bicyclic) bond motifs is 1. The predicted octanol–water partition coefficient (Wildman–Crippen LogP) is 3.61. The first-order valence-electron chi connectivity index (χ1n) is 5.74. The minimum atomic E-state index is -0.564. The maximum Gasteiger partial charge on any atom is 0.151 e. The Morgan fingerprint density at radius 2 is 1.76 bits per heavy atom. The topological polar surface area (TPSA) is 24.1 Å². The van der Waals surface area contributed by atoms with E-state index >= 15 is 0 Å². The van der Waals surface area contributed by atoms with Gasteiger partial charge in [0.2, 0.25) is 0 Å². The van der Waals surface area contributed by atoms with Crippen LogP contribution in [0, 0.1) is 17.0 Å². The van der Waals surface area contributed by atoms with Crippen molar-refractivity contribution in [3.8, 4) is 0 Å². The third-order valence-corrected chi connectivity index (χ3v) is 3.90. The van der Waals surface area contributed by atoms with Crippen molar-refractivity contribution >= 4 is 11.4 Å². The third kappa shape index (κ3) is 1.96. The van der Waals surface area contributed by atoms with E-state index in [2.05, 4.69) is 24.5 Å². The molecule has 0 radical (unpaired) electrons. The molecule has 1 aromatic rings. The lowest BCUT2D eigenvalue weighted by Gasteiger charge is -2.40. The second-order valence-electron chi connectivity index (χ2n) is 5.80. The van der Waals surface area contributed by atoms with Gasteiger partial charge in [-0.1, -0.05) is 13.8 Å². The fourth-order valence-electron chi connectivity index (χ4n) is 1.89. The number of halogens is 2. The van der Waals surface area contributed by atoms with E-state index < -0.39 is 11.6 Å². The van der Waals surface area contributed by atoms with Gasteiger partial charge in [0.15, 0.2) is 5.82 Å². The highest BCUT2D eigenvalue weighted by Crippen LogP contribution is 2.40. The van der Waals surface area contributed by atoms with E-state index in [0.29, 0.717) is 17.9 Å². The average molecular weight is 240 g/mol. The first-order valence-corrected chi connectivity index (χ1v) is 5.74. The molecule has 17 heavy (non-hydrogen) atoms. The lowest BCUT2D eigenvalue weighted by Crippen LogP contribution is -2.47. The van der Waals surface area contributed by atoms with Crippen LogP contribution in [-0.2, 0) is 0 Å². The number of hydrogen-bond donors (Lipinski definition) is 2. The van der Waals surface area contributed by atoms with Crippen molar-refractivity contribution < 1.29 is 8.78 Å². The first kappa shape index (κ1) is 12.1. The molecule has 94 valence electrons. The molecule has 0 spiro atoms. The van der Waals surface area contributed by atoms with Crippen LogP contribution in [0.5, 0.6) is 0 Å². The van der Waals surface area contributed by atoms with Gasteiger partial charge in [-0.3, -0.25) is 0 Å². The Labute approximate surface area is 100 Å². The van der Waals surface area contributed by atoms with Gasteiger partial charge in [-0.15, -0.1) is 0 Å². The van der Waals surface area contributed by atoms with Crippen molar-refractivity contribution in [1.29, 1.82) is 0 Å². The Bertz CT molecular complexity index is 453. The summed E-state index contributed by atoms with van der Waals surface area (Å²) in [6.07, 6.45) is 0. The lowest BCUT2D eigenvalue weighted by molar-refractivity contribution is 0.245. The van der Waals surface area contributed by atoms with Gasteiger partial charge in [0.05, 0.1) is 11.4 Å². The molecule has 0 unspecified atom stereocenters. The summed E-state index contributed by atoms with van der Waals surface area (Å²) in [6, 6.07) is 2.23. The van der Waals surface area contributed by atoms with Gasteiger partial charge in [-0.2, -0.15) is 0 Å². The van der Waals surface area contributed by atoms with E-state index in [-0.39, 0.29) is 11.0 Å². The third-order valence-electron chi connectivity index (χ3n) is 3.90. The smallest absolute Gasteiger partial charge is 0.151 e. The second kappa shape index (κ2) is 3.59. The number of nitrogens with one attached hydrogen (secondary N) is 2. The van der Waals surface area contributed by atoms with Gasteiger partial charge < -0.3 is 10.6 Å². The van der Waals surface area contributed by atoms with Crippen LogP contribution < -0.4 is 10.6 Å². The molecule has 0 atom stereocenters. The molecule has 0 saturated heterocycles. The summed E-state index contributed by atoms with van der Waals surface area (Å²) in [6.45, 7) is 8.88. The highest BCUT2D eigenvalue weighted by atomic mass is 19.1. The van der Waals surface area contributed by atoms with Gasteiger partial charge in [0.1, 0.15) is 5.82 Å². The van der Waals surface area contributed by atoms with Crippen LogP contribution in [-0.4, -0.2) is 12.1 Å². The van der Waals surface area contributed by atoms with Gasteiger partial charge in [-0.25, -0.2) is 8.78 Å². The Hall–Kier alpha value is -1.32. The first-order chi connectivity index (χ1) is 7.73. The predicted molar refractivity (Wildman–Crippen MR) is 66.3 cm³/mol.